The Morgan fingerprint density at radius 2 is 2.07 bits per heavy atom. The van der Waals surface area contributed by atoms with Crippen molar-refractivity contribution in [2.45, 2.75) is 0 Å². The number of nitriles is 1. The minimum absolute atomic E-state index is 0.269. The van der Waals surface area contributed by atoms with E-state index in [2.05, 4.69) is 5.16 Å². The van der Waals surface area contributed by atoms with Crippen LogP contribution in [0.25, 0.3) is 0 Å². The summed E-state index contributed by atoms with van der Waals surface area (Å²) >= 11 is 0. The number of carbonyl (C=O) groups excluding carboxylic acids is 1. The molecule has 0 aromatic heterocycles. The van der Waals surface area contributed by atoms with E-state index in [4.69, 9.17) is 15.2 Å². The number of oxime groups is 1. The Morgan fingerprint density at radius 3 is 2.47 bits per heavy atom. The molecule has 0 bridgehead atoms. The highest BCUT2D eigenvalue weighted by Gasteiger charge is 2.13. The molecule has 5 nitrogen and oxygen atoms in total. The van der Waals surface area contributed by atoms with E-state index >= 15 is 0 Å². The summed E-state index contributed by atoms with van der Waals surface area (Å²) in [6, 6.07) is 7.64. The van der Waals surface area contributed by atoms with Gasteiger partial charge >= 0.3 is 0 Å². The minimum Gasteiger partial charge on any atom is -0.497 e. The molecule has 0 saturated heterocycles. The number of carbonyl (C=O) groups is 1. The average molecular weight is 204 g/mol. The molecule has 0 aliphatic rings. The van der Waals surface area contributed by atoms with Crippen LogP contribution in [-0.4, -0.2) is 23.8 Å². The highest BCUT2D eigenvalue weighted by Crippen LogP contribution is 2.11. The third-order valence-electron chi connectivity index (χ3n) is 1.77. The summed E-state index contributed by atoms with van der Waals surface area (Å²) in [4.78, 5) is 11.5. The van der Waals surface area contributed by atoms with Crippen LogP contribution in [0.3, 0.4) is 0 Å². The lowest BCUT2D eigenvalue weighted by Crippen LogP contribution is -2.11. The maximum absolute atomic E-state index is 11.5. The smallest absolute Gasteiger partial charge is 0.227 e. The number of hydrogen-bond donors (Lipinski definition) is 1. The number of ether oxygens (including phenoxy) is 1. The Morgan fingerprint density at radius 1 is 1.47 bits per heavy atom. The Hall–Kier alpha value is -2.35. The van der Waals surface area contributed by atoms with E-state index in [1.807, 2.05) is 0 Å². The van der Waals surface area contributed by atoms with Gasteiger partial charge in [0, 0.05) is 5.56 Å². The highest BCUT2D eigenvalue weighted by atomic mass is 16.5. The zero-order valence-corrected chi connectivity index (χ0v) is 7.97. The predicted octanol–water partition coefficient (Wildman–Crippen LogP) is 1.23. The average Bonchev–Trinajstić information content (AvgIpc) is 2.30. The maximum Gasteiger partial charge on any atom is 0.227 e. The number of rotatable bonds is 3. The number of benzene rings is 1. The van der Waals surface area contributed by atoms with Crippen LogP contribution in [0.2, 0.25) is 0 Å². The van der Waals surface area contributed by atoms with E-state index in [-0.39, 0.29) is 5.56 Å². The van der Waals surface area contributed by atoms with Gasteiger partial charge in [-0.1, -0.05) is 5.16 Å². The standard InChI is InChI=1S/C10H8N2O3/c1-15-8-4-2-7(3-5-8)10(13)9(6-11)12-14/h2-5,14H,1H3/b12-9+. The Bertz CT molecular complexity index is 429. The Labute approximate surface area is 86.2 Å². The molecule has 76 valence electrons. The van der Waals surface area contributed by atoms with Crippen molar-refractivity contribution in [3.05, 3.63) is 29.8 Å². The maximum atomic E-state index is 11.5. The second-order valence-electron chi connectivity index (χ2n) is 2.62. The Kier molecular flexibility index (Phi) is 3.41. The van der Waals surface area contributed by atoms with E-state index in [0.29, 0.717) is 5.75 Å². The number of Topliss-reactive ketones (excluding diaryl/α,β-unsaturated/α-hetero) is 1. The first-order valence-electron chi connectivity index (χ1n) is 4.04. The fraction of sp³-hybridized carbons (Fsp3) is 0.100. The van der Waals surface area contributed by atoms with Gasteiger partial charge in [0.25, 0.3) is 0 Å². The van der Waals surface area contributed by atoms with Gasteiger partial charge in [-0.3, -0.25) is 4.79 Å². The van der Waals surface area contributed by atoms with E-state index in [1.54, 1.807) is 12.1 Å². The molecule has 0 aliphatic heterocycles. The molecular formula is C10H8N2O3. The highest BCUT2D eigenvalue weighted by molar-refractivity contribution is 6.51. The van der Waals surface area contributed by atoms with Crippen molar-refractivity contribution in [3.63, 3.8) is 0 Å². The van der Waals surface area contributed by atoms with E-state index in [9.17, 15) is 4.79 Å². The van der Waals surface area contributed by atoms with Crippen molar-refractivity contribution in [3.8, 4) is 11.8 Å². The third kappa shape index (κ3) is 2.31. The monoisotopic (exact) mass is 204 g/mol. The van der Waals surface area contributed by atoms with Crippen molar-refractivity contribution < 1.29 is 14.7 Å². The van der Waals surface area contributed by atoms with Gasteiger partial charge in [0.15, 0.2) is 0 Å². The van der Waals surface area contributed by atoms with Crippen molar-refractivity contribution in [2.75, 3.05) is 7.11 Å². The molecule has 1 rings (SSSR count). The number of hydrogen-bond acceptors (Lipinski definition) is 5. The predicted molar refractivity (Wildman–Crippen MR) is 52.2 cm³/mol. The molecule has 5 heteroatoms. The normalized spacial score (nSPS) is 10.5. The SMILES string of the molecule is COc1ccc(C(=O)/C(C#N)=N/O)cc1. The summed E-state index contributed by atoms with van der Waals surface area (Å²) in [7, 11) is 1.51. The van der Waals surface area contributed by atoms with Crippen molar-refractivity contribution in [1.82, 2.24) is 0 Å². The topological polar surface area (TPSA) is 82.7 Å². The first-order valence-corrected chi connectivity index (χ1v) is 4.04. The summed E-state index contributed by atoms with van der Waals surface area (Å²) in [5.41, 5.74) is -0.273. The third-order valence-corrected chi connectivity index (χ3v) is 1.77. The van der Waals surface area contributed by atoms with Crippen LogP contribution in [0.15, 0.2) is 29.4 Å². The summed E-state index contributed by atoms with van der Waals surface area (Å²) in [6.07, 6.45) is 0. The van der Waals surface area contributed by atoms with Gasteiger partial charge in [0.2, 0.25) is 11.5 Å². The van der Waals surface area contributed by atoms with Crippen LogP contribution in [0.4, 0.5) is 0 Å². The van der Waals surface area contributed by atoms with Crippen molar-refractivity contribution >= 4 is 11.5 Å². The second-order valence-corrected chi connectivity index (χ2v) is 2.62. The van der Waals surface area contributed by atoms with Gasteiger partial charge in [-0.25, -0.2) is 0 Å². The van der Waals surface area contributed by atoms with E-state index in [0.717, 1.165) is 0 Å². The lowest BCUT2D eigenvalue weighted by Gasteiger charge is -2.00. The second kappa shape index (κ2) is 4.77. The molecule has 0 spiro atoms. The molecule has 0 aliphatic carbocycles. The van der Waals surface area contributed by atoms with Gasteiger partial charge in [-0.05, 0) is 24.3 Å². The van der Waals surface area contributed by atoms with Gasteiger partial charge in [-0.15, -0.1) is 0 Å². The molecule has 1 aromatic rings. The van der Waals surface area contributed by atoms with Gasteiger partial charge in [0.1, 0.15) is 11.8 Å². The van der Waals surface area contributed by atoms with Crippen LogP contribution < -0.4 is 4.74 Å². The lowest BCUT2D eigenvalue weighted by atomic mass is 10.1. The zero-order valence-electron chi connectivity index (χ0n) is 7.97. The number of nitrogens with zero attached hydrogens (tertiary/aromatic N) is 2. The quantitative estimate of drug-likeness (QED) is 0.347. The molecule has 0 radical (unpaired) electrons. The van der Waals surface area contributed by atoms with Crippen LogP contribution >= 0.6 is 0 Å². The van der Waals surface area contributed by atoms with Crippen LogP contribution in [-0.2, 0) is 0 Å². The molecule has 1 aromatic carbocycles. The molecular weight excluding hydrogens is 196 g/mol. The molecule has 0 saturated carbocycles. The molecule has 0 amide bonds. The van der Waals surface area contributed by atoms with Crippen molar-refractivity contribution in [2.24, 2.45) is 5.16 Å². The van der Waals surface area contributed by atoms with Gasteiger partial charge < -0.3 is 9.94 Å². The van der Waals surface area contributed by atoms with Crippen LogP contribution in [0, 0.1) is 11.3 Å². The van der Waals surface area contributed by atoms with Crippen LogP contribution in [0.5, 0.6) is 5.75 Å². The largest absolute Gasteiger partial charge is 0.497 e. The van der Waals surface area contributed by atoms with Crippen molar-refractivity contribution in [1.29, 1.82) is 5.26 Å². The fourth-order valence-corrected chi connectivity index (χ4v) is 0.998. The van der Waals surface area contributed by atoms with Gasteiger partial charge in [-0.2, -0.15) is 5.26 Å². The minimum atomic E-state index is -0.623. The number of methoxy groups -OCH3 is 1. The zero-order chi connectivity index (χ0) is 11.3. The molecule has 15 heavy (non-hydrogen) atoms. The lowest BCUT2D eigenvalue weighted by molar-refractivity contribution is 0.106. The molecule has 0 unspecified atom stereocenters. The summed E-state index contributed by atoms with van der Waals surface area (Å²) < 4.78 is 4.91. The molecule has 1 N–H and O–H groups in total. The van der Waals surface area contributed by atoms with Gasteiger partial charge in [0.05, 0.1) is 7.11 Å². The Balaban J connectivity index is 2.98. The van der Waals surface area contributed by atoms with E-state index < -0.39 is 11.5 Å². The van der Waals surface area contributed by atoms with Crippen LogP contribution in [0.1, 0.15) is 10.4 Å². The first kappa shape index (κ1) is 10.7. The summed E-state index contributed by atoms with van der Waals surface area (Å²) in [5, 5.41) is 19.5. The first-order chi connectivity index (χ1) is 7.22. The molecule has 0 atom stereocenters. The molecule has 0 heterocycles. The summed E-state index contributed by atoms with van der Waals surface area (Å²) in [6.45, 7) is 0. The summed E-state index contributed by atoms with van der Waals surface area (Å²) in [5.74, 6) is -0.0198. The number of ketones is 1. The fourth-order valence-electron chi connectivity index (χ4n) is 0.998. The van der Waals surface area contributed by atoms with E-state index in [1.165, 1.54) is 25.3 Å². The molecule has 0 fully saturated rings.